The topological polar surface area (TPSA) is 105 Å². The minimum atomic E-state index is -0.712. The Morgan fingerprint density at radius 3 is 2.60 bits per heavy atom. The van der Waals surface area contributed by atoms with Gasteiger partial charge in [-0.15, -0.1) is 0 Å². The van der Waals surface area contributed by atoms with Gasteiger partial charge in [-0.3, -0.25) is 4.57 Å². The maximum Gasteiger partial charge on any atom is 0.167 e. The van der Waals surface area contributed by atoms with E-state index < -0.39 is 18.4 Å². The summed E-state index contributed by atoms with van der Waals surface area (Å²) in [6.07, 6.45) is 2.87. The molecule has 1 aliphatic heterocycles. The van der Waals surface area contributed by atoms with E-state index in [-0.39, 0.29) is 12.6 Å². The van der Waals surface area contributed by atoms with Gasteiger partial charge < -0.3 is 20.3 Å². The number of hydrogen-bond acceptors (Lipinski definition) is 7. The van der Waals surface area contributed by atoms with Crippen LogP contribution in [0.15, 0.2) is 36.9 Å². The fraction of sp³-hybridized carbons (Fsp3) is 0.500. The molecule has 30 heavy (non-hydrogen) atoms. The zero-order chi connectivity index (χ0) is 21.3. The normalized spacial score (nSPS) is 22.7. The van der Waals surface area contributed by atoms with Crippen LogP contribution in [0.25, 0.3) is 11.2 Å². The number of aliphatic hydroxyl groups excluding tert-OH is 2. The molecule has 1 aliphatic rings. The first kappa shape index (κ1) is 20.7. The first-order valence-corrected chi connectivity index (χ1v) is 10.4. The van der Waals surface area contributed by atoms with Crippen LogP contribution in [0.2, 0.25) is 0 Å². The van der Waals surface area contributed by atoms with Crippen LogP contribution in [0.3, 0.4) is 0 Å². The lowest BCUT2D eigenvalue weighted by molar-refractivity contribution is -0.0432. The Labute approximate surface area is 176 Å². The molecule has 0 saturated carbocycles. The molecule has 2 unspecified atom stereocenters. The van der Waals surface area contributed by atoms with Crippen LogP contribution in [-0.4, -0.2) is 48.5 Å². The zero-order valence-electron chi connectivity index (χ0n) is 17.6. The lowest BCUT2D eigenvalue weighted by atomic mass is 10.00. The summed E-state index contributed by atoms with van der Waals surface area (Å²) in [6, 6.07) is 8.70. The summed E-state index contributed by atoms with van der Waals surface area (Å²) in [5.74, 6) is 1.28. The summed E-state index contributed by atoms with van der Waals surface area (Å²) >= 11 is 0. The van der Waals surface area contributed by atoms with Crippen LogP contribution in [-0.2, 0) is 11.2 Å². The van der Waals surface area contributed by atoms with Crippen molar-refractivity contribution >= 4 is 17.0 Å². The lowest BCUT2D eigenvalue weighted by Crippen LogP contribution is -2.24. The second kappa shape index (κ2) is 8.67. The lowest BCUT2D eigenvalue weighted by Gasteiger charge is -2.16. The van der Waals surface area contributed by atoms with Crippen LogP contribution in [0, 0.1) is 5.92 Å². The maximum absolute atomic E-state index is 10.0. The molecule has 3 N–H and O–H groups in total. The molecular weight excluding hydrogens is 382 g/mol. The van der Waals surface area contributed by atoms with Gasteiger partial charge in [0.2, 0.25) is 0 Å². The monoisotopic (exact) mass is 411 g/mol. The van der Waals surface area contributed by atoms with Crippen molar-refractivity contribution in [3.63, 3.8) is 0 Å². The van der Waals surface area contributed by atoms with Crippen molar-refractivity contribution in [2.24, 2.45) is 5.92 Å². The standard InChI is InChI=1S/C22H29N5O3/c1-13(2)8-15-4-6-16(7-5-15)14(3)26-21-20-22(24-11-23-21)27(12-25-20)19-9-17(29)18(10-28)30-19/h4-7,11-14,17-19,28-29H,8-10H2,1-3H3,(H,23,24,26)/t14?,17?,18-,19-/m1/s1. The first-order chi connectivity index (χ1) is 14.5. The average Bonchev–Trinajstić information content (AvgIpc) is 3.31. The Kier molecular flexibility index (Phi) is 5.99. The Morgan fingerprint density at radius 2 is 1.93 bits per heavy atom. The van der Waals surface area contributed by atoms with Crippen LogP contribution in [0.4, 0.5) is 5.82 Å². The largest absolute Gasteiger partial charge is 0.394 e. The highest BCUT2D eigenvalue weighted by Crippen LogP contribution is 2.32. The molecule has 0 radical (unpaired) electrons. The first-order valence-electron chi connectivity index (χ1n) is 10.4. The fourth-order valence-corrected chi connectivity index (χ4v) is 3.92. The number of ether oxygens (including phenoxy) is 1. The molecular formula is C22H29N5O3. The van der Waals surface area contributed by atoms with Crippen molar-refractivity contribution in [3.8, 4) is 0 Å². The number of nitrogens with zero attached hydrogens (tertiary/aromatic N) is 4. The van der Waals surface area contributed by atoms with Gasteiger partial charge in [0.15, 0.2) is 17.0 Å². The fourth-order valence-electron chi connectivity index (χ4n) is 3.92. The Morgan fingerprint density at radius 1 is 1.17 bits per heavy atom. The minimum Gasteiger partial charge on any atom is -0.394 e. The molecule has 3 heterocycles. The molecule has 4 rings (SSSR count). The van der Waals surface area contributed by atoms with Gasteiger partial charge in [-0.2, -0.15) is 0 Å². The van der Waals surface area contributed by atoms with E-state index in [0.29, 0.717) is 29.3 Å². The summed E-state index contributed by atoms with van der Waals surface area (Å²) < 4.78 is 7.53. The molecule has 8 nitrogen and oxygen atoms in total. The number of nitrogens with one attached hydrogen (secondary N) is 1. The van der Waals surface area contributed by atoms with Crippen LogP contribution >= 0.6 is 0 Å². The van der Waals surface area contributed by atoms with Crippen LogP contribution in [0.1, 0.15) is 50.6 Å². The number of rotatable bonds is 7. The van der Waals surface area contributed by atoms with E-state index in [9.17, 15) is 10.2 Å². The summed E-state index contributed by atoms with van der Waals surface area (Å²) in [4.78, 5) is 13.2. The molecule has 4 atom stereocenters. The summed E-state index contributed by atoms with van der Waals surface area (Å²) in [7, 11) is 0. The predicted molar refractivity (Wildman–Crippen MR) is 114 cm³/mol. The van der Waals surface area contributed by atoms with E-state index in [1.54, 1.807) is 10.9 Å². The van der Waals surface area contributed by atoms with Gasteiger partial charge in [-0.1, -0.05) is 38.1 Å². The molecule has 1 fully saturated rings. The number of hydrogen-bond donors (Lipinski definition) is 3. The number of benzene rings is 1. The van der Waals surface area contributed by atoms with Crippen molar-refractivity contribution in [2.75, 3.05) is 11.9 Å². The Hall–Kier alpha value is -2.55. The van der Waals surface area contributed by atoms with E-state index in [1.807, 2.05) is 0 Å². The van der Waals surface area contributed by atoms with E-state index in [1.165, 1.54) is 17.5 Å². The number of aromatic nitrogens is 4. The van der Waals surface area contributed by atoms with E-state index >= 15 is 0 Å². The predicted octanol–water partition coefficient (Wildman–Crippen LogP) is 2.84. The van der Waals surface area contributed by atoms with Gasteiger partial charge in [-0.25, -0.2) is 15.0 Å². The summed E-state index contributed by atoms with van der Waals surface area (Å²) in [5, 5.41) is 22.8. The van der Waals surface area contributed by atoms with Crippen LogP contribution in [0.5, 0.6) is 0 Å². The van der Waals surface area contributed by atoms with Gasteiger partial charge in [0.25, 0.3) is 0 Å². The number of anilines is 1. The molecule has 0 spiro atoms. The molecule has 0 aliphatic carbocycles. The molecule has 1 aromatic carbocycles. The highest BCUT2D eigenvalue weighted by atomic mass is 16.5. The van der Waals surface area contributed by atoms with E-state index in [0.717, 1.165) is 6.42 Å². The molecule has 8 heteroatoms. The van der Waals surface area contributed by atoms with Gasteiger partial charge in [0.1, 0.15) is 18.7 Å². The third kappa shape index (κ3) is 4.16. The molecule has 0 bridgehead atoms. The van der Waals surface area contributed by atoms with Crippen molar-refractivity contribution in [3.05, 3.63) is 48.0 Å². The second-order valence-electron chi connectivity index (χ2n) is 8.37. The number of fused-ring (bicyclic) bond motifs is 1. The smallest absolute Gasteiger partial charge is 0.167 e. The third-order valence-electron chi connectivity index (χ3n) is 5.53. The number of aliphatic hydroxyl groups is 2. The SMILES string of the molecule is CC(C)Cc1ccc(C(C)Nc2ncnc3c2ncn3[C@H]2CC(O)[C@@H](CO)O2)cc1. The molecule has 1 saturated heterocycles. The molecule has 2 aromatic heterocycles. The van der Waals surface area contributed by atoms with Crippen molar-refractivity contribution < 1.29 is 14.9 Å². The second-order valence-corrected chi connectivity index (χ2v) is 8.37. The van der Waals surface area contributed by atoms with E-state index in [2.05, 4.69) is 65.3 Å². The van der Waals surface area contributed by atoms with Crippen molar-refractivity contribution in [2.45, 2.75) is 58.1 Å². The van der Waals surface area contributed by atoms with Gasteiger partial charge in [-0.05, 0) is 30.4 Å². The number of imidazole rings is 1. The molecule has 0 amide bonds. The van der Waals surface area contributed by atoms with Crippen molar-refractivity contribution in [1.82, 2.24) is 19.5 Å². The quantitative estimate of drug-likeness (QED) is 0.549. The maximum atomic E-state index is 10.0. The van der Waals surface area contributed by atoms with E-state index in [4.69, 9.17) is 4.74 Å². The summed E-state index contributed by atoms with van der Waals surface area (Å²) in [6.45, 7) is 6.31. The third-order valence-corrected chi connectivity index (χ3v) is 5.53. The van der Waals surface area contributed by atoms with Crippen molar-refractivity contribution in [1.29, 1.82) is 0 Å². The van der Waals surface area contributed by atoms with Gasteiger partial charge >= 0.3 is 0 Å². The zero-order valence-corrected chi connectivity index (χ0v) is 17.6. The summed E-state index contributed by atoms with van der Waals surface area (Å²) in [5.41, 5.74) is 3.78. The van der Waals surface area contributed by atoms with Crippen LogP contribution < -0.4 is 5.32 Å². The Balaban J connectivity index is 1.53. The molecule has 3 aromatic rings. The Bertz CT molecular complexity index is 988. The minimum absolute atomic E-state index is 0.0460. The average molecular weight is 412 g/mol. The highest BCUT2D eigenvalue weighted by Gasteiger charge is 2.35. The highest BCUT2D eigenvalue weighted by molar-refractivity contribution is 5.82. The molecule has 160 valence electrons. The van der Waals surface area contributed by atoms with Gasteiger partial charge in [0, 0.05) is 6.42 Å². The van der Waals surface area contributed by atoms with Gasteiger partial charge in [0.05, 0.1) is 25.1 Å².